The number of piperazine rings is 1. The summed E-state index contributed by atoms with van der Waals surface area (Å²) in [7, 11) is 1.97. The van der Waals surface area contributed by atoms with Gasteiger partial charge < -0.3 is 4.90 Å². The van der Waals surface area contributed by atoms with Crippen molar-refractivity contribution < 1.29 is 9.18 Å². The van der Waals surface area contributed by atoms with E-state index in [0.717, 1.165) is 44.6 Å². The second kappa shape index (κ2) is 8.77. The first kappa shape index (κ1) is 18.3. The number of nitrogens with zero attached hydrogens (tertiary/aromatic N) is 3. The highest BCUT2D eigenvalue weighted by Gasteiger charge is 2.25. The van der Waals surface area contributed by atoms with Gasteiger partial charge in [-0.3, -0.25) is 14.6 Å². The highest BCUT2D eigenvalue weighted by molar-refractivity contribution is 5.78. The molecule has 1 saturated heterocycles. The summed E-state index contributed by atoms with van der Waals surface area (Å²) in [5, 5.41) is 0. The molecule has 1 saturated carbocycles. The van der Waals surface area contributed by atoms with Gasteiger partial charge in [0.25, 0.3) is 0 Å². The van der Waals surface area contributed by atoms with Crippen LogP contribution in [0.1, 0.15) is 37.7 Å². The van der Waals surface area contributed by atoms with E-state index >= 15 is 0 Å². The number of hydrogen-bond donors (Lipinski definition) is 0. The first-order valence-electron chi connectivity index (χ1n) is 9.57. The third-order valence-electron chi connectivity index (χ3n) is 5.69. The molecule has 5 heteroatoms. The summed E-state index contributed by atoms with van der Waals surface area (Å²) >= 11 is 0. The number of halogens is 1. The lowest BCUT2D eigenvalue weighted by atomic mass is 9.94. The van der Waals surface area contributed by atoms with Gasteiger partial charge in [0.15, 0.2) is 0 Å². The van der Waals surface area contributed by atoms with Gasteiger partial charge in [-0.05, 0) is 18.9 Å². The molecule has 0 spiro atoms. The van der Waals surface area contributed by atoms with E-state index in [9.17, 15) is 9.18 Å². The maximum atomic E-state index is 13.8. The van der Waals surface area contributed by atoms with Gasteiger partial charge in [-0.1, -0.05) is 37.5 Å². The minimum absolute atomic E-state index is 0.130. The fourth-order valence-corrected chi connectivity index (χ4v) is 3.95. The van der Waals surface area contributed by atoms with Crippen molar-refractivity contribution >= 4 is 5.91 Å². The second-order valence-electron chi connectivity index (χ2n) is 7.44. The van der Waals surface area contributed by atoms with E-state index in [-0.39, 0.29) is 11.7 Å². The number of amides is 1. The normalized spacial score (nSPS) is 20.6. The molecule has 3 rings (SSSR count). The van der Waals surface area contributed by atoms with Crippen LogP contribution in [0.2, 0.25) is 0 Å². The standard InChI is InChI=1S/C20H30FN3O/c1-22(18-8-3-2-4-9-18)20(25)16-24-13-11-23(12-14-24)15-17-7-5-6-10-19(17)21/h5-7,10,18H,2-4,8-9,11-16H2,1H3. The van der Waals surface area contributed by atoms with E-state index in [2.05, 4.69) is 9.80 Å². The molecule has 0 bridgehead atoms. The summed E-state index contributed by atoms with van der Waals surface area (Å²) in [5.41, 5.74) is 0.754. The first-order chi connectivity index (χ1) is 12.1. The van der Waals surface area contributed by atoms with Gasteiger partial charge in [-0.15, -0.1) is 0 Å². The van der Waals surface area contributed by atoms with Crippen LogP contribution < -0.4 is 0 Å². The third-order valence-corrected chi connectivity index (χ3v) is 5.69. The lowest BCUT2D eigenvalue weighted by Crippen LogP contribution is -2.50. The molecule has 4 nitrogen and oxygen atoms in total. The Kier molecular flexibility index (Phi) is 6.43. The van der Waals surface area contributed by atoms with Crippen molar-refractivity contribution in [1.82, 2.24) is 14.7 Å². The molecular formula is C20H30FN3O. The zero-order valence-corrected chi connectivity index (χ0v) is 15.3. The van der Waals surface area contributed by atoms with Crippen molar-refractivity contribution in [3.63, 3.8) is 0 Å². The average molecular weight is 347 g/mol. The Morgan fingerprint density at radius 1 is 1.08 bits per heavy atom. The molecule has 0 atom stereocenters. The largest absolute Gasteiger partial charge is 0.342 e. The Hall–Kier alpha value is -1.46. The van der Waals surface area contributed by atoms with Crippen molar-refractivity contribution in [1.29, 1.82) is 0 Å². The highest BCUT2D eigenvalue weighted by Crippen LogP contribution is 2.22. The summed E-state index contributed by atoms with van der Waals surface area (Å²) in [6.45, 7) is 4.68. The van der Waals surface area contributed by atoms with E-state index in [4.69, 9.17) is 0 Å². The molecule has 2 fully saturated rings. The van der Waals surface area contributed by atoms with Crippen molar-refractivity contribution in [2.45, 2.75) is 44.7 Å². The molecule has 1 amide bonds. The fraction of sp³-hybridized carbons (Fsp3) is 0.650. The van der Waals surface area contributed by atoms with Crippen LogP contribution in [0.15, 0.2) is 24.3 Å². The predicted octanol–water partition coefficient (Wildman–Crippen LogP) is 2.73. The minimum Gasteiger partial charge on any atom is -0.342 e. The molecule has 1 aromatic rings. The van der Waals surface area contributed by atoms with Crippen molar-refractivity contribution in [2.24, 2.45) is 0 Å². The van der Waals surface area contributed by atoms with E-state index in [1.807, 2.05) is 24.1 Å². The highest BCUT2D eigenvalue weighted by atomic mass is 19.1. The van der Waals surface area contributed by atoms with Crippen molar-refractivity contribution in [3.05, 3.63) is 35.6 Å². The lowest BCUT2D eigenvalue weighted by Gasteiger charge is -2.37. The zero-order valence-electron chi connectivity index (χ0n) is 15.3. The van der Waals surface area contributed by atoms with E-state index in [1.165, 1.54) is 25.3 Å². The van der Waals surface area contributed by atoms with Crippen LogP contribution in [0.5, 0.6) is 0 Å². The zero-order chi connectivity index (χ0) is 17.6. The summed E-state index contributed by atoms with van der Waals surface area (Å²) in [5.74, 6) is 0.115. The van der Waals surface area contributed by atoms with E-state index in [1.54, 1.807) is 6.07 Å². The topological polar surface area (TPSA) is 26.8 Å². The average Bonchev–Trinajstić information content (AvgIpc) is 2.65. The van der Waals surface area contributed by atoms with Gasteiger partial charge in [0.2, 0.25) is 5.91 Å². The van der Waals surface area contributed by atoms with E-state index in [0.29, 0.717) is 19.1 Å². The Labute approximate surface area is 150 Å². The summed E-state index contributed by atoms with van der Waals surface area (Å²) in [4.78, 5) is 19.0. The minimum atomic E-state index is -0.130. The molecule has 0 N–H and O–H groups in total. The smallest absolute Gasteiger partial charge is 0.236 e. The molecule has 0 aromatic heterocycles. The van der Waals surface area contributed by atoms with E-state index < -0.39 is 0 Å². The number of benzene rings is 1. The van der Waals surface area contributed by atoms with Gasteiger partial charge in [0.1, 0.15) is 5.82 Å². The fourth-order valence-electron chi connectivity index (χ4n) is 3.95. The number of hydrogen-bond acceptors (Lipinski definition) is 3. The van der Waals surface area contributed by atoms with Gasteiger partial charge in [-0.2, -0.15) is 0 Å². The van der Waals surface area contributed by atoms with Gasteiger partial charge in [0.05, 0.1) is 6.54 Å². The van der Waals surface area contributed by atoms with Crippen LogP contribution in [0.3, 0.4) is 0 Å². The number of rotatable bonds is 5. The van der Waals surface area contributed by atoms with Crippen molar-refractivity contribution in [3.8, 4) is 0 Å². The summed E-state index contributed by atoms with van der Waals surface area (Å²) < 4.78 is 13.8. The quantitative estimate of drug-likeness (QED) is 0.819. The van der Waals surface area contributed by atoms with Gasteiger partial charge in [0, 0.05) is 51.4 Å². The van der Waals surface area contributed by atoms with Crippen LogP contribution >= 0.6 is 0 Å². The lowest BCUT2D eigenvalue weighted by molar-refractivity contribution is -0.134. The third kappa shape index (κ3) is 5.02. The predicted molar refractivity (Wildman–Crippen MR) is 97.8 cm³/mol. The summed E-state index contributed by atoms with van der Waals surface area (Å²) in [6, 6.07) is 7.42. The molecule has 25 heavy (non-hydrogen) atoms. The first-order valence-corrected chi connectivity index (χ1v) is 9.57. The molecular weight excluding hydrogens is 317 g/mol. The maximum absolute atomic E-state index is 13.8. The molecule has 2 aliphatic rings. The Balaban J connectivity index is 1.43. The number of carbonyl (C=O) groups excluding carboxylic acids is 1. The van der Waals surface area contributed by atoms with Gasteiger partial charge in [-0.25, -0.2) is 4.39 Å². The van der Waals surface area contributed by atoms with Crippen molar-refractivity contribution in [2.75, 3.05) is 39.8 Å². The van der Waals surface area contributed by atoms with Crippen LogP contribution in [-0.4, -0.2) is 66.4 Å². The summed E-state index contributed by atoms with van der Waals surface area (Å²) in [6.07, 6.45) is 6.10. The van der Waals surface area contributed by atoms with Crippen LogP contribution in [0, 0.1) is 5.82 Å². The molecule has 0 unspecified atom stereocenters. The number of carbonyl (C=O) groups is 1. The molecule has 1 aromatic carbocycles. The molecule has 138 valence electrons. The molecule has 1 heterocycles. The van der Waals surface area contributed by atoms with Gasteiger partial charge >= 0.3 is 0 Å². The Morgan fingerprint density at radius 3 is 2.40 bits per heavy atom. The van der Waals surface area contributed by atoms with Crippen LogP contribution in [-0.2, 0) is 11.3 Å². The number of likely N-dealkylation sites (N-methyl/N-ethyl adjacent to an activating group) is 1. The Bertz CT molecular complexity index is 566. The molecule has 1 aliphatic carbocycles. The second-order valence-corrected chi connectivity index (χ2v) is 7.44. The SMILES string of the molecule is CN(C(=O)CN1CCN(Cc2ccccc2F)CC1)C1CCCCC1. The van der Waals surface area contributed by atoms with Crippen LogP contribution in [0.25, 0.3) is 0 Å². The monoisotopic (exact) mass is 347 g/mol. The Morgan fingerprint density at radius 2 is 1.72 bits per heavy atom. The van der Waals surface area contributed by atoms with Crippen LogP contribution in [0.4, 0.5) is 4.39 Å². The molecule has 1 aliphatic heterocycles. The maximum Gasteiger partial charge on any atom is 0.236 e. The molecule has 0 radical (unpaired) electrons.